The summed E-state index contributed by atoms with van der Waals surface area (Å²) in [5, 5.41) is 0.0795. The third kappa shape index (κ3) is 4.44. The van der Waals surface area contributed by atoms with Gasteiger partial charge in [-0.2, -0.15) is 0 Å². The average molecular weight is 250 g/mol. The molecule has 0 atom stereocenters. The molecule has 0 saturated heterocycles. The lowest BCUT2D eigenvalue weighted by Gasteiger charge is -2.03. The van der Waals surface area contributed by atoms with Crippen LogP contribution in [0.4, 0.5) is 0 Å². The summed E-state index contributed by atoms with van der Waals surface area (Å²) in [7, 11) is 1.58. The molecule has 0 aliphatic heterocycles. The molecule has 1 aromatic rings. The minimum absolute atomic E-state index is 0.0795. The molecule has 0 amide bonds. The molecule has 90 valence electrons. The van der Waals surface area contributed by atoms with Crippen molar-refractivity contribution < 1.29 is 14.3 Å². The standard InChI is InChI=1S/C13H14O3S/c1-10(15)17-7-3-4-11-8-13(16-2)6-5-12(11)9-14/h3-6,8-9H,7H2,1-2H3. The fraction of sp³-hybridized carbons (Fsp3) is 0.231. The Kier molecular flexibility index (Phi) is 5.49. The van der Waals surface area contributed by atoms with Crippen LogP contribution in [0.5, 0.6) is 5.75 Å². The van der Waals surface area contributed by atoms with Crippen LogP contribution in [-0.2, 0) is 4.79 Å². The molecule has 1 rings (SSSR count). The molecule has 0 unspecified atom stereocenters. The second-order valence-electron chi connectivity index (χ2n) is 3.32. The van der Waals surface area contributed by atoms with Crippen molar-refractivity contribution in [1.29, 1.82) is 0 Å². The Bertz CT molecular complexity index is 438. The van der Waals surface area contributed by atoms with E-state index in [1.54, 1.807) is 25.3 Å². The van der Waals surface area contributed by atoms with Gasteiger partial charge in [-0.15, -0.1) is 0 Å². The smallest absolute Gasteiger partial charge is 0.186 e. The molecule has 0 saturated carbocycles. The van der Waals surface area contributed by atoms with E-state index < -0.39 is 0 Å². The van der Waals surface area contributed by atoms with Crippen LogP contribution in [0.3, 0.4) is 0 Å². The van der Waals surface area contributed by atoms with Crippen molar-refractivity contribution in [2.45, 2.75) is 6.92 Å². The molecule has 0 heterocycles. The van der Waals surface area contributed by atoms with E-state index in [0.29, 0.717) is 17.1 Å². The molecule has 1 aromatic carbocycles. The van der Waals surface area contributed by atoms with E-state index in [2.05, 4.69) is 0 Å². The summed E-state index contributed by atoms with van der Waals surface area (Å²) < 4.78 is 5.09. The molecule has 0 fully saturated rings. The van der Waals surface area contributed by atoms with Crippen molar-refractivity contribution in [1.82, 2.24) is 0 Å². The molecule has 4 heteroatoms. The second kappa shape index (κ2) is 6.91. The molecule has 17 heavy (non-hydrogen) atoms. The fourth-order valence-electron chi connectivity index (χ4n) is 1.27. The topological polar surface area (TPSA) is 43.4 Å². The molecule has 0 aliphatic rings. The number of carbonyl (C=O) groups excluding carboxylic acids is 2. The number of rotatable bonds is 5. The maximum Gasteiger partial charge on any atom is 0.186 e. The highest BCUT2D eigenvalue weighted by Gasteiger charge is 2.00. The molecule has 0 N–H and O–H groups in total. The van der Waals surface area contributed by atoms with Crippen LogP contribution < -0.4 is 4.74 Å². The summed E-state index contributed by atoms with van der Waals surface area (Å²) >= 11 is 1.23. The summed E-state index contributed by atoms with van der Waals surface area (Å²) in [6.45, 7) is 1.53. The van der Waals surface area contributed by atoms with E-state index in [1.807, 2.05) is 12.2 Å². The first-order valence-electron chi connectivity index (χ1n) is 5.10. The van der Waals surface area contributed by atoms with Crippen molar-refractivity contribution in [2.75, 3.05) is 12.9 Å². The quantitative estimate of drug-likeness (QED) is 0.754. The summed E-state index contributed by atoms with van der Waals surface area (Å²) in [4.78, 5) is 21.6. The number of hydrogen-bond acceptors (Lipinski definition) is 4. The summed E-state index contributed by atoms with van der Waals surface area (Å²) in [5.74, 6) is 1.31. The summed E-state index contributed by atoms with van der Waals surface area (Å²) in [6, 6.07) is 5.24. The summed E-state index contributed by atoms with van der Waals surface area (Å²) in [5.41, 5.74) is 1.40. The first-order valence-corrected chi connectivity index (χ1v) is 6.09. The normalized spacial score (nSPS) is 10.5. The van der Waals surface area contributed by atoms with E-state index >= 15 is 0 Å². The van der Waals surface area contributed by atoms with Crippen LogP contribution in [0.15, 0.2) is 24.3 Å². The molecule has 0 aromatic heterocycles. The molecule has 0 aliphatic carbocycles. The number of thioether (sulfide) groups is 1. The number of aldehydes is 1. The highest BCUT2D eigenvalue weighted by atomic mass is 32.2. The van der Waals surface area contributed by atoms with Gasteiger partial charge >= 0.3 is 0 Å². The Hall–Kier alpha value is -1.55. The lowest BCUT2D eigenvalue weighted by Crippen LogP contribution is -1.89. The molecular formula is C13H14O3S. The molecule has 3 nitrogen and oxygen atoms in total. The van der Waals surface area contributed by atoms with Gasteiger partial charge in [0.2, 0.25) is 0 Å². The summed E-state index contributed by atoms with van der Waals surface area (Å²) in [6.07, 6.45) is 4.48. The molecule has 0 radical (unpaired) electrons. The monoisotopic (exact) mass is 250 g/mol. The van der Waals surface area contributed by atoms with Crippen LogP contribution >= 0.6 is 11.8 Å². The third-order valence-corrected chi connectivity index (χ3v) is 2.87. The van der Waals surface area contributed by atoms with Crippen LogP contribution in [0, 0.1) is 0 Å². The fourth-order valence-corrected chi connectivity index (χ4v) is 1.70. The highest BCUT2D eigenvalue weighted by molar-refractivity contribution is 8.13. The van der Waals surface area contributed by atoms with E-state index in [0.717, 1.165) is 11.8 Å². The highest BCUT2D eigenvalue weighted by Crippen LogP contribution is 2.18. The maximum atomic E-state index is 10.8. The Morgan fingerprint density at radius 2 is 2.18 bits per heavy atom. The van der Waals surface area contributed by atoms with Gasteiger partial charge in [0, 0.05) is 18.2 Å². The molecular weight excluding hydrogens is 236 g/mol. The van der Waals surface area contributed by atoms with Crippen LogP contribution in [0.2, 0.25) is 0 Å². The average Bonchev–Trinajstić information content (AvgIpc) is 2.34. The SMILES string of the molecule is COc1ccc(C=O)c(C=CCSC(C)=O)c1. The maximum absolute atomic E-state index is 10.8. The Labute approximate surface area is 105 Å². The van der Waals surface area contributed by atoms with Gasteiger partial charge in [0.15, 0.2) is 11.4 Å². The lowest BCUT2D eigenvalue weighted by atomic mass is 10.1. The van der Waals surface area contributed by atoms with Crippen LogP contribution in [-0.4, -0.2) is 24.3 Å². The molecule has 0 bridgehead atoms. The van der Waals surface area contributed by atoms with Crippen molar-refractivity contribution in [3.05, 3.63) is 35.4 Å². The van der Waals surface area contributed by atoms with Gasteiger partial charge in [-0.3, -0.25) is 9.59 Å². The van der Waals surface area contributed by atoms with Gasteiger partial charge in [0.25, 0.3) is 0 Å². The third-order valence-electron chi connectivity index (χ3n) is 2.10. The van der Waals surface area contributed by atoms with Gasteiger partial charge < -0.3 is 4.74 Å². The van der Waals surface area contributed by atoms with Gasteiger partial charge in [0.1, 0.15) is 5.75 Å². The number of carbonyl (C=O) groups is 2. The minimum atomic E-state index is 0.0795. The minimum Gasteiger partial charge on any atom is -0.497 e. The van der Waals surface area contributed by atoms with Crippen molar-refractivity contribution in [2.24, 2.45) is 0 Å². The predicted molar refractivity (Wildman–Crippen MR) is 70.6 cm³/mol. The predicted octanol–water partition coefficient (Wildman–Crippen LogP) is 2.80. The van der Waals surface area contributed by atoms with Gasteiger partial charge in [-0.05, 0) is 23.8 Å². The van der Waals surface area contributed by atoms with Crippen molar-refractivity contribution in [3.8, 4) is 5.75 Å². The zero-order valence-electron chi connectivity index (χ0n) is 9.80. The first-order chi connectivity index (χ1) is 8.17. The Morgan fingerprint density at radius 3 is 2.76 bits per heavy atom. The Balaban J connectivity index is 2.80. The zero-order valence-corrected chi connectivity index (χ0v) is 10.6. The van der Waals surface area contributed by atoms with E-state index in [9.17, 15) is 9.59 Å². The van der Waals surface area contributed by atoms with Crippen LogP contribution in [0.25, 0.3) is 6.08 Å². The number of ether oxygens (including phenoxy) is 1. The van der Waals surface area contributed by atoms with E-state index in [-0.39, 0.29) is 5.12 Å². The van der Waals surface area contributed by atoms with Gasteiger partial charge in [-0.1, -0.05) is 23.9 Å². The second-order valence-corrected chi connectivity index (χ2v) is 4.51. The van der Waals surface area contributed by atoms with Crippen molar-refractivity contribution >= 4 is 29.2 Å². The number of hydrogen-bond donors (Lipinski definition) is 0. The van der Waals surface area contributed by atoms with Crippen molar-refractivity contribution in [3.63, 3.8) is 0 Å². The van der Waals surface area contributed by atoms with E-state index in [4.69, 9.17) is 4.74 Å². The first kappa shape index (κ1) is 13.5. The Morgan fingerprint density at radius 1 is 1.41 bits per heavy atom. The van der Waals surface area contributed by atoms with Gasteiger partial charge in [-0.25, -0.2) is 0 Å². The number of methoxy groups -OCH3 is 1. The van der Waals surface area contributed by atoms with Crippen LogP contribution in [0.1, 0.15) is 22.8 Å². The molecule has 0 spiro atoms. The van der Waals surface area contributed by atoms with Gasteiger partial charge in [0.05, 0.1) is 7.11 Å². The zero-order chi connectivity index (χ0) is 12.7. The lowest BCUT2D eigenvalue weighted by molar-refractivity contribution is -0.109. The van der Waals surface area contributed by atoms with E-state index in [1.165, 1.54) is 18.7 Å². The number of benzene rings is 1. The largest absolute Gasteiger partial charge is 0.497 e.